The minimum Gasteiger partial charge on any atom is -0.436 e. The number of anilines is 1. The van der Waals surface area contributed by atoms with Gasteiger partial charge in [-0.25, -0.2) is 4.98 Å². The van der Waals surface area contributed by atoms with Gasteiger partial charge >= 0.3 is 0 Å². The molecule has 4 aromatic rings. The Morgan fingerprint density at radius 2 is 1.81 bits per heavy atom. The number of carbonyl (C=O) groups excluding carboxylic acids is 1. The van der Waals surface area contributed by atoms with Gasteiger partial charge in [0.1, 0.15) is 5.52 Å². The molecule has 1 aromatic heterocycles. The van der Waals surface area contributed by atoms with Crippen molar-refractivity contribution in [3.8, 4) is 11.5 Å². The molecule has 0 atom stereocenters. The average Bonchev–Trinajstić information content (AvgIpc) is 3.26. The first-order valence-corrected chi connectivity index (χ1v) is 11.4. The van der Waals surface area contributed by atoms with Crippen LogP contribution in [0.15, 0.2) is 75.6 Å². The van der Waals surface area contributed by atoms with Crippen LogP contribution in [0.1, 0.15) is 15.9 Å². The number of amides is 1. The van der Waals surface area contributed by atoms with Crippen molar-refractivity contribution >= 4 is 38.6 Å². The third-order valence-electron chi connectivity index (χ3n) is 5.63. The van der Waals surface area contributed by atoms with Crippen molar-refractivity contribution in [2.75, 3.05) is 31.5 Å². The van der Waals surface area contributed by atoms with Crippen LogP contribution in [0.2, 0.25) is 0 Å². The summed E-state index contributed by atoms with van der Waals surface area (Å²) in [6.07, 6.45) is 0. The number of nitrogens with zero attached hydrogens (tertiary/aromatic N) is 2. The van der Waals surface area contributed by atoms with E-state index in [-0.39, 0.29) is 5.91 Å². The van der Waals surface area contributed by atoms with Gasteiger partial charge in [-0.15, -0.1) is 0 Å². The van der Waals surface area contributed by atoms with E-state index in [0.29, 0.717) is 17.1 Å². The molecule has 0 aliphatic carbocycles. The smallest absolute Gasteiger partial charge is 0.256 e. The third kappa shape index (κ3) is 4.32. The fourth-order valence-electron chi connectivity index (χ4n) is 3.97. The number of piperazine rings is 1. The lowest BCUT2D eigenvalue weighted by Crippen LogP contribution is -2.42. The number of carbonyl (C=O) groups is 1. The van der Waals surface area contributed by atoms with E-state index in [1.54, 1.807) is 6.07 Å². The molecule has 1 aliphatic heterocycles. The van der Waals surface area contributed by atoms with Crippen LogP contribution in [0, 0.1) is 0 Å². The summed E-state index contributed by atoms with van der Waals surface area (Å²) in [6, 6.07) is 21.0. The quantitative estimate of drug-likeness (QED) is 0.415. The van der Waals surface area contributed by atoms with Crippen molar-refractivity contribution in [3.63, 3.8) is 0 Å². The maximum Gasteiger partial charge on any atom is 0.256 e. The molecule has 0 saturated carbocycles. The number of hydrogen-bond acceptors (Lipinski definition) is 5. The zero-order valence-electron chi connectivity index (χ0n) is 17.5. The molecule has 162 valence electrons. The van der Waals surface area contributed by atoms with Crippen LogP contribution >= 0.6 is 15.9 Å². The normalized spacial score (nSPS) is 14.5. The highest BCUT2D eigenvalue weighted by Gasteiger charge is 2.18. The molecule has 3 aromatic carbocycles. The van der Waals surface area contributed by atoms with Crippen LogP contribution in [0.3, 0.4) is 0 Å². The van der Waals surface area contributed by atoms with Crippen LogP contribution in [-0.2, 0) is 6.54 Å². The second-order valence-electron chi connectivity index (χ2n) is 7.79. The first kappa shape index (κ1) is 20.9. The summed E-state index contributed by atoms with van der Waals surface area (Å²) in [5, 5.41) is 6.39. The van der Waals surface area contributed by atoms with Crippen molar-refractivity contribution in [3.05, 3.63) is 82.3 Å². The van der Waals surface area contributed by atoms with Crippen molar-refractivity contribution in [2.24, 2.45) is 0 Å². The average molecular weight is 491 g/mol. The first-order chi connectivity index (χ1) is 15.7. The highest BCUT2D eigenvalue weighted by Crippen LogP contribution is 2.32. The lowest BCUT2D eigenvalue weighted by Gasteiger charge is -2.27. The van der Waals surface area contributed by atoms with E-state index in [4.69, 9.17) is 9.40 Å². The Morgan fingerprint density at radius 3 is 2.66 bits per heavy atom. The van der Waals surface area contributed by atoms with E-state index in [1.165, 1.54) is 0 Å². The topological polar surface area (TPSA) is 70.4 Å². The molecule has 2 heterocycles. The number of halogens is 1. The van der Waals surface area contributed by atoms with Crippen LogP contribution in [0.4, 0.5) is 5.69 Å². The first-order valence-electron chi connectivity index (χ1n) is 10.7. The Bertz CT molecular complexity index is 1260. The van der Waals surface area contributed by atoms with Crippen molar-refractivity contribution in [2.45, 2.75) is 6.54 Å². The highest BCUT2D eigenvalue weighted by molar-refractivity contribution is 9.10. The summed E-state index contributed by atoms with van der Waals surface area (Å²) >= 11 is 3.45. The molecule has 1 aliphatic rings. The number of hydrogen-bond donors (Lipinski definition) is 2. The van der Waals surface area contributed by atoms with E-state index in [9.17, 15) is 4.79 Å². The van der Waals surface area contributed by atoms with Gasteiger partial charge in [0.2, 0.25) is 5.89 Å². The molecule has 0 spiro atoms. The minimum atomic E-state index is -0.194. The Kier molecular flexibility index (Phi) is 6.03. The SMILES string of the molecule is O=C(Nc1ccccc1-c1nc2c(CN3CCNCC3)cccc2o1)c1ccccc1Br. The summed E-state index contributed by atoms with van der Waals surface area (Å²) in [7, 11) is 0. The molecule has 1 amide bonds. The summed E-state index contributed by atoms with van der Waals surface area (Å²) in [6.45, 7) is 4.89. The van der Waals surface area contributed by atoms with Crippen LogP contribution < -0.4 is 10.6 Å². The molecule has 6 nitrogen and oxygen atoms in total. The molecule has 5 rings (SSSR count). The number of fused-ring (bicyclic) bond motifs is 1. The number of oxazole rings is 1. The predicted octanol–water partition coefficient (Wildman–Crippen LogP) is 4.91. The molecule has 1 fully saturated rings. The Morgan fingerprint density at radius 1 is 1.03 bits per heavy atom. The van der Waals surface area contributed by atoms with E-state index in [2.05, 4.69) is 37.5 Å². The van der Waals surface area contributed by atoms with Crippen LogP contribution in [-0.4, -0.2) is 42.0 Å². The minimum absolute atomic E-state index is 0.194. The van der Waals surface area contributed by atoms with Gasteiger partial charge in [-0.2, -0.15) is 0 Å². The second kappa shape index (κ2) is 9.24. The number of para-hydroxylation sites is 2. The maximum absolute atomic E-state index is 12.9. The van der Waals surface area contributed by atoms with Gasteiger partial charge in [0.15, 0.2) is 5.58 Å². The van der Waals surface area contributed by atoms with Crippen molar-refractivity contribution in [1.29, 1.82) is 0 Å². The lowest BCUT2D eigenvalue weighted by molar-refractivity contribution is 0.102. The molecule has 1 saturated heterocycles. The van der Waals surface area contributed by atoms with Gasteiger partial charge < -0.3 is 15.1 Å². The molecule has 0 bridgehead atoms. The van der Waals surface area contributed by atoms with Gasteiger partial charge in [0.25, 0.3) is 5.91 Å². The Balaban J connectivity index is 1.46. The van der Waals surface area contributed by atoms with Crippen LogP contribution in [0.5, 0.6) is 0 Å². The lowest BCUT2D eigenvalue weighted by atomic mass is 10.1. The van der Waals surface area contributed by atoms with E-state index < -0.39 is 0 Å². The monoisotopic (exact) mass is 490 g/mol. The van der Waals surface area contributed by atoms with Gasteiger partial charge in [0.05, 0.1) is 16.8 Å². The van der Waals surface area contributed by atoms with Gasteiger partial charge in [-0.05, 0) is 51.8 Å². The molecular formula is C25H23BrN4O2. The zero-order chi connectivity index (χ0) is 21.9. The summed E-state index contributed by atoms with van der Waals surface area (Å²) in [5.41, 5.74) is 4.74. The fraction of sp³-hybridized carbons (Fsp3) is 0.200. The summed E-state index contributed by atoms with van der Waals surface area (Å²) < 4.78 is 6.88. The fourth-order valence-corrected chi connectivity index (χ4v) is 4.44. The summed E-state index contributed by atoms with van der Waals surface area (Å²) in [4.78, 5) is 20.1. The Labute approximate surface area is 194 Å². The standard InChI is InChI=1S/C25H23BrN4O2/c26-20-9-3-1-7-18(20)24(31)28-21-10-4-2-8-19(21)25-29-23-17(6-5-11-22(23)32-25)16-30-14-12-27-13-15-30/h1-11,27H,12-16H2,(H,28,31). The second-order valence-corrected chi connectivity index (χ2v) is 8.64. The maximum atomic E-state index is 12.9. The molecular weight excluding hydrogens is 468 g/mol. The third-order valence-corrected chi connectivity index (χ3v) is 6.32. The largest absolute Gasteiger partial charge is 0.436 e. The van der Waals surface area contributed by atoms with E-state index in [1.807, 2.05) is 54.6 Å². The van der Waals surface area contributed by atoms with E-state index in [0.717, 1.165) is 59.4 Å². The number of rotatable bonds is 5. The zero-order valence-corrected chi connectivity index (χ0v) is 19.1. The van der Waals surface area contributed by atoms with Crippen molar-refractivity contribution < 1.29 is 9.21 Å². The van der Waals surface area contributed by atoms with Crippen molar-refractivity contribution in [1.82, 2.24) is 15.2 Å². The van der Waals surface area contributed by atoms with E-state index >= 15 is 0 Å². The molecule has 7 heteroatoms. The molecule has 32 heavy (non-hydrogen) atoms. The number of nitrogens with one attached hydrogen (secondary N) is 2. The Hall–Kier alpha value is -3.00. The molecule has 0 unspecified atom stereocenters. The predicted molar refractivity (Wildman–Crippen MR) is 130 cm³/mol. The number of benzene rings is 3. The van der Waals surface area contributed by atoms with Gasteiger partial charge in [-0.1, -0.05) is 36.4 Å². The molecule has 2 N–H and O–H groups in total. The summed E-state index contributed by atoms with van der Waals surface area (Å²) in [5.74, 6) is 0.302. The van der Waals surface area contributed by atoms with Gasteiger partial charge in [0, 0.05) is 37.2 Å². The molecule has 0 radical (unpaired) electrons. The highest BCUT2D eigenvalue weighted by atomic mass is 79.9. The van der Waals surface area contributed by atoms with Gasteiger partial charge in [-0.3, -0.25) is 9.69 Å². The van der Waals surface area contributed by atoms with Crippen LogP contribution in [0.25, 0.3) is 22.6 Å². The number of aromatic nitrogens is 1.